The lowest BCUT2D eigenvalue weighted by Gasteiger charge is -2.25. The van der Waals surface area contributed by atoms with Crippen LogP contribution in [0.25, 0.3) is 81.7 Å². The molecule has 1 aliphatic heterocycles. The number of nitrogens with one attached hydrogen (secondary N) is 1. The average molecular weight is 717 g/mol. The number of amidine groups is 2. The molecule has 12 rings (SSSR count). The van der Waals surface area contributed by atoms with Crippen LogP contribution in [0, 0.1) is 0 Å². The minimum atomic E-state index is -0.470. The third-order valence-corrected chi connectivity index (χ3v) is 11.4. The molecule has 0 bridgehead atoms. The van der Waals surface area contributed by atoms with Crippen LogP contribution < -0.4 is 5.32 Å². The summed E-state index contributed by atoms with van der Waals surface area (Å²) < 4.78 is 9.31. The van der Waals surface area contributed by atoms with Crippen LogP contribution >= 0.6 is 0 Å². The summed E-state index contributed by atoms with van der Waals surface area (Å²) in [4.78, 5) is 10.5. The van der Waals surface area contributed by atoms with E-state index in [0.29, 0.717) is 5.84 Å². The maximum absolute atomic E-state index is 6.90. The summed E-state index contributed by atoms with van der Waals surface area (Å²) in [5, 5.41) is 15.6. The molecular formula is C51H32N4O. The minimum absolute atomic E-state index is 0.470. The van der Waals surface area contributed by atoms with Crippen LogP contribution in [0.5, 0.6) is 0 Å². The zero-order chi connectivity index (χ0) is 36.7. The summed E-state index contributed by atoms with van der Waals surface area (Å²) >= 11 is 0. The van der Waals surface area contributed by atoms with E-state index in [1.165, 1.54) is 32.3 Å². The summed E-state index contributed by atoms with van der Waals surface area (Å²) in [6.07, 6.45) is -0.470. The maximum atomic E-state index is 6.90. The van der Waals surface area contributed by atoms with Crippen molar-refractivity contribution in [3.05, 3.63) is 199 Å². The molecule has 0 aliphatic carbocycles. The van der Waals surface area contributed by atoms with Crippen molar-refractivity contribution in [2.24, 2.45) is 9.98 Å². The summed E-state index contributed by atoms with van der Waals surface area (Å²) in [7, 11) is 0. The Morgan fingerprint density at radius 1 is 0.464 bits per heavy atom. The Morgan fingerprint density at radius 3 is 1.70 bits per heavy atom. The summed E-state index contributed by atoms with van der Waals surface area (Å²) in [5.41, 5.74) is 7.90. The number of aliphatic imine (C=N–C) groups is 2. The molecule has 1 aliphatic rings. The van der Waals surface area contributed by atoms with Crippen LogP contribution in [-0.2, 0) is 0 Å². The maximum Gasteiger partial charge on any atom is 0.159 e. The zero-order valence-corrected chi connectivity index (χ0v) is 30.1. The molecule has 0 radical (unpaired) electrons. The normalized spacial score (nSPS) is 14.6. The van der Waals surface area contributed by atoms with Crippen molar-refractivity contribution in [3.8, 4) is 5.69 Å². The van der Waals surface area contributed by atoms with E-state index in [-0.39, 0.29) is 0 Å². The molecule has 3 heterocycles. The van der Waals surface area contributed by atoms with Crippen molar-refractivity contribution in [1.82, 2.24) is 9.88 Å². The standard InChI is InChI=1S/C51H32N4O/c1-3-15-33(16-4-1)49-52-50(34-17-5-2-6-18-34)54-51(53-49)41-29-37(30-45-46(41)40-27-35-19-7-8-20-36(35)28-44(40)56-45)55-42-25-23-31-13-9-11-21-38(31)47(42)48-39-22-12-10-14-32(39)24-26-43(48)55/h1-30,51H,(H,52,53,54). The van der Waals surface area contributed by atoms with E-state index >= 15 is 0 Å². The summed E-state index contributed by atoms with van der Waals surface area (Å²) in [6, 6.07) is 64.4. The second-order valence-corrected chi connectivity index (χ2v) is 14.6. The Bertz CT molecular complexity index is 3350. The van der Waals surface area contributed by atoms with Crippen molar-refractivity contribution in [2.75, 3.05) is 0 Å². The van der Waals surface area contributed by atoms with Crippen LogP contribution in [0.2, 0.25) is 0 Å². The van der Waals surface area contributed by atoms with Gasteiger partial charge in [-0.2, -0.15) is 0 Å². The van der Waals surface area contributed by atoms with Gasteiger partial charge in [0, 0.05) is 44.3 Å². The van der Waals surface area contributed by atoms with Gasteiger partial charge in [-0.15, -0.1) is 0 Å². The van der Waals surface area contributed by atoms with Gasteiger partial charge in [0.2, 0.25) is 0 Å². The van der Waals surface area contributed by atoms with Gasteiger partial charge in [0.05, 0.1) is 16.7 Å². The summed E-state index contributed by atoms with van der Waals surface area (Å²) in [6.45, 7) is 0. The SMILES string of the molecule is c1ccc(C2=NC(c3cc(-n4c5ccc6ccccc6c5c5c6ccccc6ccc54)cc4oc5cc6ccccc6cc5c34)NC(c3ccccc3)=N2)cc1. The second-order valence-electron chi connectivity index (χ2n) is 14.6. The number of benzene rings is 9. The Hall–Kier alpha value is -7.50. The predicted octanol–water partition coefficient (Wildman–Crippen LogP) is 12.6. The van der Waals surface area contributed by atoms with Gasteiger partial charge < -0.3 is 14.3 Å². The van der Waals surface area contributed by atoms with Gasteiger partial charge in [-0.3, -0.25) is 0 Å². The molecule has 9 aromatic carbocycles. The molecule has 1 unspecified atom stereocenters. The van der Waals surface area contributed by atoms with Gasteiger partial charge in [-0.05, 0) is 62.6 Å². The van der Waals surface area contributed by atoms with Crippen LogP contribution in [0.3, 0.4) is 0 Å². The molecule has 11 aromatic rings. The first-order valence-electron chi connectivity index (χ1n) is 19.0. The lowest BCUT2D eigenvalue weighted by Crippen LogP contribution is -2.33. The van der Waals surface area contributed by atoms with E-state index in [1.54, 1.807) is 0 Å². The zero-order valence-electron chi connectivity index (χ0n) is 30.1. The van der Waals surface area contributed by atoms with Crippen molar-refractivity contribution in [1.29, 1.82) is 0 Å². The van der Waals surface area contributed by atoms with Gasteiger partial charge in [0.25, 0.3) is 0 Å². The number of hydrogen-bond acceptors (Lipinski definition) is 4. The molecule has 0 saturated heterocycles. The molecule has 1 atom stereocenters. The molecule has 1 N–H and O–H groups in total. The number of aromatic nitrogens is 1. The highest BCUT2D eigenvalue weighted by atomic mass is 16.3. The molecule has 0 fully saturated rings. The Balaban J connectivity index is 1.19. The molecule has 0 spiro atoms. The lowest BCUT2D eigenvalue weighted by molar-refractivity contribution is 0.662. The first-order valence-corrected chi connectivity index (χ1v) is 19.0. The first-order chi connectivity index (χ1) is 27.7. The summed E-state index contributed by atoms with van der Waals surface area (Å²) in [5.74, 6) is 1.45. The van der Waals surface area contributed by atoms with Gasteiger partial charge in [0.15, 0.2) is 5.84 Å². The quantitative estimate of drug-likeness (QED) is 0.197. The van der Waals surface area contributed by atoms with E-state index in [4.69, 9.17) is 14.4 Å². The van der Waals surface area contributed by atoms with Crippen molar-refractivity contribution in [3.63, 3.8) is 0 Å². The molecule has 5 heteroatoms. The highest BCUT2D eigenvalue weighted by molar-refractivity contribution is 6.28. The molecule has 0 amide bonds. The second kappa shape index (κ2) is 12.0. The lowest BCUT2D eigenvalue weighted by atomic mass is 10.00. The van der Waals surface area contributed by atoms with E-state index < -0.39 is 6.17 Å². The van der Waals surface area contributed by atoms with Gasteiger partial charge in [0.1, 0.15) is 23.2 Å². The van der Waals surface area contributed by atoms with E-state index in [0.717, 1.165) is 72.0 Å². The Kier molecular flexibility index (Phi) is 6.63. The largest absolute Gasteiger partial charge is 0.456 e. The topological polar surface area (TPSA) is 54.8 Å². The molecule has 2 aromatic heterocycles. The predicted molar refractivity (Wildman–Crippen MR) is 232 cm³/mol. The van der Waals surface area contributed by atoms with Crippen LogP contribution in [0.4, 0.5) is 0 Å². The third kappa shape index (κ3) is 4.67. The van der Waals surface area contributed by atoms with Crippen molar-refractivity contribution in [2.45, 2.75) is 6.17 Å². The highest BCUT2D eigenvalue weighted by Crippen LogP contribution is 2.44. The average Bonchev–Trinajstić information content (AvgIpc) is 3.81. The Labute approximate surface area is 321 Å². The first kappa shape index (κ1) is 30.9. The number of rotatable bonds is 4. The fourth-order valence-corrected chi connectivity index (χ4v) is 8.85. The molecule has 262 valence electrons. The molecule has 56 heavy (non-hydrogen) atoms. The fourth-order valence-electron chi connectivity index (χ4n) is 8.85. The van der Waals surface area contributed by atoms with Gasteiger partial charge in [-0.25, -0.2) is 9.98 Å². The Morgan fingerprint density at radius 2 is 1.04 bits per heavy atom. The smallest absolute Gasteiger partial charge is 0.159 e. The van der Waals surface area contributed by atoms with Crippen molar-refractivity contribution < 1.29 is 4.42 Å². The highest BCUT2D eigenvalue weighted by Gasteiger charge is 2.27. The van der Waals surface area contributed by atoms with Crippen LogP contribution in [-0.4, -0.2) is 16.2 Å². The van der Waals surface area contributed by atoms with E-state index in [1.807, 2.05) is 36.4 Å². The number of hydrogen-bond donors (Lipinski definition) is 1. The number of furan rings is 1. The molecular weight excluding hydrogens is 685 g/mol. The van der Waals surface area contributed by atoms with Crippen molar-refractivity contribution >= 4 is 87.7 Å². The minimum Gasteiger partial charge on any atom is -0.456 e. The van der Waals surface area contributed by atoms with E-state index in [2.05, 4.69) is 155 Å². The van der Waals surface area contributed by atoms with Gasteiger partial charge >= 0.3 is 0 Å². The van der Waals surface area contributed by atoms with Crippen LogP contribution in [0.1, 0.15) is 22.9 Å². The fraction of sp³-hybridized carbons (Fsp3) is 0.0196. The number of nitrogens with zero attached hydrogens (tertiary/aromatic N) is 3. The van der Waals surface area contributed by atoms with Gasteiger partial charge in [-0.1, -0.05) is 146 Å². The third-order valence-electron chi connectivity index (χ3n) is 11.4. The van der Waals surface area contributed by atoms with E-state index in [9.17, 15) is 0 Å². The molecule has 0 saturated carbocycles. The molecule has 5 nitrogen and oxygen atoms in total. The monoisotopic (exact) mass is 716 g/mol. The van der Waals surface area contributed by atoms with Crippen LogP contribution in [0.15, 0.2) is 196 Å². The number of fused-ring (bicyclic) bond motifs is 11.